The Bertz CT molecular complexity index is 219. The van der Waals surface area contributed by atoms with E-state index >= 15 is 0 Å². The van der Waals surface area contributed by atoms with Gasteiger partial charge in [0.1, 0.15) is 0 Å². The van der Waals surface area contributed by atoms with E-state index in [1.165, 1.54) is 51.6 Å². The number of rotatable bonds is 4. The Morgan fingerprint density at radius 3 is 2.41 bits per heavy atom. The van der Waals surface area contributed by atoms with Gasteiger partial charge in [0.25, 0.3) is 0 Å². The summed E-state index contributed by atoms with van der Waals surface area (Å²) < 4.78 is 0. The van der Waals surface area contributed by atoms with Gasteiger partial charge in [0.15, 0.2) is 0 Å². The van der Waals surface area contributed by atoms with Gasteiger partial charge in [-0.25, -0.2) is 0 Å². The van der Waals surface area contributed by atoms with Gasteiger partial charge in [-0.05, 0) is 58.5 Å². The molecule has 2 unspecified atom stereocenters. The second kappa shape index (κ2) is 6.19. The summed E-state index contributed by atoms with van der Waals surface area (Å²) in [6, 6.07) is 2.35. The predicted octanol–water partition coefficient (Wildman–Crippen LogP) is 3.03. The normalized spacial score (nSPS) is 32.5. The number of likely N-dealkylation sites (tertiary alicyclic amines) is 1. The first kappa shape index (κ1) is 13.4. The molecular weight excluding hydrogens is 208 g/mol. The molecule has 0 aromatic rings. The molecule has 2 nitrogen and oxygen atoms in total. The third-order valence-electron chi connectivity index (χ3n) is 4.89. The van der Waals surface area contributed by atoms with E-state index < -0.39 is 0 Å². The van der Waals surface area contributed by atoms with E-state index in [-0.39, 0.29) is 0 Å². The molecule has 100 valence electrons. The van der Waals surface area contributed by atoms with E-state index in [4.69, 9.17) is 0 Å². The van der Waals surface area contributed by atoms with E-state index in [0.717, 1.165) is 24.0 Å². The van der Waals surface area contributed by atoms with Crippen LogP contribution < -0.4 is 5.32 Å². The molecule has 1 aliphatic carbocycles. The van der Waals surface area contributed by atoms with Crippen LogP contribution in [0.5, 0.6) is 0 Å². The first-order chi connectivity index (χ1) is 8.20. The molecule has 0 spiro atoms. The van der Waals surface area contributed by atoms with Crippen molar-refractivity contribution in [3.63, 3.8) is 0 Å². The Labute approximate surface area is 107 Å². The number of hydrogen-bond donors (Lipinski definition) is 1. The fourth-order valence-corrected chi connectivity index (χ4v) is 3.63. The Kier molecular flexibility index (Phi) is 4.87. The van der Waals surface area contributed by atoms with Crippen LogP contribution in [-0.2, 0) is 0 Å². The molecule has 0 aromatic carbocycles. The summed E-state index contributed by atoms with van der Waals surface area (Å²) in [5, 5.41) is 3.95. The average Bonchev–Trinajstić information content (AvgIpc) is 2.77. The maximum absolute atomic E-state index is 3.95. The Hall–Kier alpha value is -0.0800. The third kappa shape index (κ3) is 3.45. The van der Waals surface area contributed by atoms with Crippen LogP contribution in [0.15, 0.2) is 0 Å². The van der Waals surface area contributed by atoms with Crippen molar-refractivity contribution in [3.8, 4) is 0 Å². The second-order valence-electron chi connectivity index (χ2n) is 6.28. The summed E-state index contributed by atoms with van der Waals surface area (Å²) in [6.07, 6.45) is 8.39. The quantitative estimate of drug-likeness (QED) is 0.810. The largest absolute Gasteiger partial charge is 0.311 e. The zero-order valence-electron chi connectivity index (χ0n) is 11.9. The van der Waals surface area contributed by atoms with Gasteiger partial charge in [0.2, 0.25) is 0 Å². The van der Waals surface area contributed by atoms with E-state index in [0.29, 0.717) is 0 Å². The van der Waals surface area contributed by atoms with Crippen LogP contribution in [0.3, 0.4) is 0 Å². The lowest BCUT2D eigenvalue weighted by molar-refractivity contribution is 0.152. The lowest BCUT2D eigenvalue weighted by Gasteiger charge is -2.37. The maximum Gasteiger partial charge on any atom is 0.00978 e. The highest BCUT2D eigenvalue weighted by Crippen LogP contribution is 2.29. The molecule has 1 saturated heterocycles. The molecule has 1 N–H and O–H groups in total. The Balaban J connectivity index is 1.74. The van der Waals surface area contributed by atoms with Crippen molar-refractivity contribution >= 4 is 0 Å². The van der Waals surface area contributed by atoms with Crippen LogP contribution in [0.2, 0.25) is 0 Å². The van der Waals surface area contributed by atoms with Gasteiger partial charge < -0.3 is 10.2 Å². The minimum absolute atomic E-state index is 0.728. The van der Waals surface area contributed by atoms with Crippen molar-refractivity contribution in [3.05, 3.63) is 0 Å². The van der Waals surface area contributed by atoms with Gasteiger partial charge in [-0.15, -0.1) is 0 Å². The van der Waals surface area contributed by atoms with Crippen LogP contribution in [-0.4, -0.2) is 36.1 Å². The molecular formula is C15H30N2. The summed E-state index contributed by atoms with van der Waals surface area (Å²) in [7, 11) is 0. The number of nitrogens with one attached hydrogen (secondary N) is 1. The van der Waals surface area contributed by atoms with Crippen molar-refractivity contribution in [2.45, 2.75) is 77.4 Å². The summed E-state index contributed by atoms with van der Waals surface area (Å²) in [4.78, 5) is 2.62. The van der Waals surface area contributed by atoms with Crippen molar-refractivity contribution in [2.24, 2.45) is 5.92 Å². The lowest BCUT2D eigenvalue weighted by Crippen LogP contribution is -2.48. The Morgan fingerprint density at radius 1 is 1.12 bits per heavy atom. The summed E-state index contributed by atoms with van der Waals surface area (Å²) in [5.41, 5.74) is 0. The minimum atomic E-state index is 0.728. The molecule has 1 saturated carbocycles. The van der Waals surface area contributed by atoms with Crippen LogP contribution >= 0.6 is 0 Å². The van der Waals surface area contributed by atoms with E-state index in [9.17, 15) is 0 Å². The van der Waals surface area contributed by atoms with E-state index in [2.05, 4.69) is 31.0 Å². The molecule has 17 heavy (non-hydrogen) atoms. The second-order valence-corrected chi connectivity index (χ2v) is 6.28. The first-order valence-corrected chi connectivity index (χ1v) is 7.70. The zero-order chi connectivity index (χ0) is 12.3. The van der Waals surface area contributed by atoms with Gasteiger partial charge in [0.05, 0.1) is 0 Å². The molecule has 2 fully saturated rings. The third-order valence-corrected chi connectivity index (χ3v) is 4.89. The van der Waals surface area contributed by atoms with Gasteiger partial charge >= 0.3 is 0 Å². The summed E-state index contributed by atoms with van der Waals surface area (Å²) >= 11 is 0. The van der Waals surface area contributed by atoms with Gasteiger partial charge in [-0.3, -0.25) is 0 Å². The van der Waals surface area contributed by atoms with Crippen LogP contribution in [0.25, 0.3) is 0 Å². The fourth-order valence-electron chi connectivity index (χ4n) is 3.63. The summed E-state index contributed by atoms with van der Waals surface area (Å²) in [6.45, 7) is 9.57. The van der Waals surface area contributed by atoms with Crippen LogP contribution in [0.4, 0.5) is 0 Å². The average molecular weight is 238 g/mol. The highest BCUT2D eigenvalue weighted by atomic mass is 15.2. The molecule has 2 rings (SSSR count). The molecule has 2 atom stereocenters. The molecule has 2 aliphatic rings. The smallest absolute Gasteiger partial charge is 0.00978 e. The van der Waals surface area contributed by atoms with Gasteiger partial charge in [-0.2, -0.15) is 0 Å². The highest BCUT2D eigenvalue weighted by Gasteiger charge is 2.29. The SMILES string of the molecule is CCC1CCCC1NC1CCN(C(C)C)CC1. The zero-order valence-corrected chi connectivity index (χ0v) is 11.9. The Morgan fingerprint density at radius 2 is 1.82 bits per heavy atom. The van der Waals surface area contributed by atoms with Crippen LogP contribution in [0, 0.1) is 5.92 Å². The van der Waals surface area contributed by atoms with Crippen molar-refractivity contribution < 1.29 is 0 Å². The lowest BCUT2D eigenvalue weighted by atomic mass is 9.97. The number of piperidine rings is 1. The fraction of sp³-hybridized carbons (Fsp3) is 1.00. The van der Waals surface area contributed by atoms with E-state index in [1.54, 1.807) is 0 Å². The van der Waals surface area contributed by atoms with Crippen molar-refractivity contribution in [2.75, 3.05) is 13.1 Å². The van der Waals surface area contributed by atoms with Crippen LogP contribution in [0.1, 0.15) is 59.3 Å². The molecule has 0 bridgehead atoms. The van der Waals surface area contributed by atoms with Gasteiger partial charge in [0, 0.05) is 18.1 Å². The number of nitrogens with zero attached hydrogens (tertiary/aromatic N) is 1. The van der Waals surface area contributed by atoms with Crippen molar-refractivity contribution in [1.82, 2.24) is 10.2 Å². The standard InChI is InChI=1S/C15H30N2/c1-4-13-6-5-7-15(13)16-14-8-10-17(11-9-14)12(2)3/h12-16H,4-11H2,1-3H3. The predicted molar refractivity (Wildman–Crippen MR) is 74.3 cm³/mol. The maximum atomic E-state index is 3.95. The topological polar surface area (TPSA) is 15.3 Å². The molecule has 2 heteroatoms. The minimum Gasteiger partial charge on any atom is -0.311 e. The molecule has 0 aromatic heterocycles. The molecule has 0 radical (unpaired) electrons. The first-order valence-electron chi connectivity index (χ1n) is 7.70. The molecule has 1 heterocycles. The van der Waals surface area contributed by atoms with Gasteiger partial charge in [-0.1, -0.05) is 19.8 Å². The molecule has 1 aliphatic heterocycles. The van der Waals surface area contributed by atoms with E-state index in [1.807, 2.05) is 0 Å². The number of hydrogen-bond acceptors (Lipinski definition) is 2. The monoisotopic (exact) mass is 238 g/mol. The van der Waals surface area contributed by atoms with Crippen molar-refractivity contribution in [1.29, 1.82) is 0 Å². The molecule has 0 amide bonds. The summed E-state index contributed by atoms with van der Waals surface area (Å²) in [5.74, 6) is 0.957. The highest BCUT2D eigenvalue weighted by molar-refractivity contribution is 4.87.